The van der Waals surface area contributed by atoms with E-state index < -0.39 is 14.9 Å². The van der Waals surface area contributed by atoms with E-state index in [4.69, 9.17) is 9.47 Å². The van der Waals surface area contributed by atoms with E-state index in [0.29, 0.717) is 11.5 Å². The quantitative estimate of drug-likeness (QED) is 0.399. The van der Waals surface area contributed by atoms with Gasteiger partial charge in [0.1, 0.15) is 11.5 Å². The van der Waals surface area contributed by atoms with E-state index in [1.54, 1.807) is 32.2 Å². The van der Waals surface area contributed by atoms with E-state index in [0.717, 1.165) is 16.1 Å². The van der Waals surface area contributed by atoms with Crippen LogP contribution in [-0.2, 0) is 14.8 Å². The van der Waals surface area contributed by atoms with Gasteiger partial charge in [0.2, 0.25) is 15.9 Å². The van der Waals surface area contributed by atoms with Gasteiger partial charge in [0.25, 0.3) is 5.69 Å². The van der Waals surface area contributed by atoms with Gasteiger partial charge in [0, 0.05) is 30.7 Å². The highest BCUT2D eigenvalue weighted by Gasteiger charge is 2.20. The first-order chi connectivity index (χ1) is 15.1. The first-order valence-corrected chi connectivity index (χ1v) is 11.6. The van der Waals surface area contributed by atoms with Crippen LogP contribution < -0.4 is 19.1 Å². The molecule has 0 saturated heterocycles. The van der Waals surface area contributed by atoms with Crippen molar-refractivity contribution in [3.63, 3.8) is 0 Å². The molecule has 32 heavy (non-hydrogen) atoms. The summed E-state index contributed by atoms with van der Waals surface area (Å²) in [7, 11) is -0.612. The molecule has 0 heterocycles. The second-order valence-electron chi connectivity index (χ2n) is 7.11. The summed E-state index contributed by atoms with van der Waals surface area (Å²) in [5, 5.41) is 13.9. The molecule has 0 saturated carbocycles. The van der Waals surface area contributed by atoms with E-state index in [1.165, 1.54) is 31.4 Å². The Hall–Kier alpha value is -3.34. The number of nitrogens with zero attached hydrogens (tertiary/aromatic N) is 2. The smallest absolute Gasteiger partial charge is 0.271 e. The number of rotatable bonds is 11. The summed E-state index contributed by atoms with van der Waals surface area (Å²) in [5.41, 5.74) is 0.709. The Bertz CT molecular complexity index is 1070. The number of amides is 1. The zero-order valence-electron chi connectivity index (χ0n) is 18.4. The highest BCUT2D eigenvalue weighted by Crippen LogP contribution is 2.29. The molecule has 0 aromatic heterocycles. The molecule has 0 aliphatic carbocycles. The minimum Gasteiger partial charge on any atom is -0.497 e. The van der Waals surface area contributed by atoms with Gasteiger partial charge in [-0.3, -0.25) is 19.2 Å². The minimum absolute atomic E-state index is 0.00425. The molecule has 174 valence electrons. The van der Waals surface area contributed by atoms with Gasteiger partial charge in [-0.25, -0.2) is 8.42 Å². The molecule has 11 heteroatoms. The van der Waals surface area contributed by atoms with Crippen LogP contribution in [0.4, 0.5) is 11.4 Å². The fourth-order valence-corrected chi connectivity index (χ4v) is 4.16. The third kappa shape index (κ3) is 6.58. The van der Waals surface area contributed by atoms with Crippen molar-refractivity contribution in [3.05, 3.63) is 58.1 Å². The number of hydrogen-bond donors (Lipinski definition) is 1. The monoisotopic (exact) mass is 465 g/mol. The SMILES string of the molecule is COc1ccc(OC)c([C@H](C)NC(=O)CCCN(c2cccc([N+](=O)[O-])c2)S(C)(=O)=O)c1. The number of nitrogens with one attached hydrogen (secondary N) is 1. The van der Waals surface area contributed by atoms with E-state index in [1.807, 2.05) is 0 Å². The largest absolute Gasteiger partial charge is 0.497 e. The molecule has 2 aromatic rings. The number of carbonyl (C=O) groups excluding carboxylic acids is 1. The van der Waals surface area contributed by atoms with Crippen molar-refractivity contribution in [2.45, 2.75) is 25.8 Å². The minimum atomic E-state index is -3.69. The van der Waals surface area contributed by atoms with E-state index >= 15 is 0 Å². The summed E-state index contributed by atoms with van der Waals surface area (Å²) in [6.45, 7) is 1.81. The first-order valence-electron chi connectivity index (χ1n) is 9.80. The third-order valence-corrected chi connectivity index (χ3v) is 5.97. The van der Waals surface area contributed by atoms with Crippen LogP contribution in [0.1, 0.15) is 31.4 Å². The highest BCUT2D eigenvalue weighted by molar-refractivity contribution is 7.92. The molecule has 2 rings (SSSR count). The second-order valence-corrected chi connectivity index (χ2v) is 9.02. The summed E-state index contributed by atoms with van der Waals surface area (Å²) >= 11 is 0. The van der Waals surface area contributed by atoms with Gasteiger partial charge < -0.3 is 14.8 Å². The number of non-ortho nitro benzene ring substituents is 1. The number of nitro groups is 1. The molecule has 1 atom stereocenters. The maximum atomic E-state index is 12.5. The third-order valence-electron chi connectivity index (χ3n) is 4.77. The Kier molecular flexibility index (Phi) is 8.41. The lowest BCUT2D eigenvalue weighted by Crippen LogP contribution is -2.32. The summed E-state index contributed by atoms with van der Waals surface area (Å²) in [5.74, 6) is 0.963. The Morgan fingerprint density at radius 3 is 2.50 bits per heavy atom. The van der Waals surface area contributed by atoms with Gasteiger partial charge in [0.15, 0.2) is 0 Å². The molecule has 2 aromatic carbocycles. The number of sulfonamides is 1. The van der Waals surface area contributed by atoms with Crippen molar-refractivity contribution in [1.29, 1.82) is 0 Å². The molecule has 1 N–H and O–H groups in total. The normalized spacial score (nSPS) is 12.0. The van der Waals surface area contributed by atoms with Crippen molar-refractivity contribution >= 4 is 27.3 Å². The van der Waals surface area contributed by atoms with Gasteiger partial charge in [-0.1, -0.05) is 6.07 Å². The van der Waals surface area contributed by atoms with Crippen molar-refractivity contribution in [3.8, 4) is 11.5 Å². The van der Waals surface area contributed by atoms with E-state index in [2.05, 4.69) is 5.32 Å². The molecule has 1 amide bonds. The van der Waals surface area contributed by atoms with Crippen LogP contribution in [0.5, 0.6) is 11.5 Å². The lowest BCUT2D eigenvalue weighted by Gasteiger charge is -2.22. The Balaban J connectivity index is 2.04. The molecule has 0 fully saturated rings. The summed E-state index contributed by atoms with van der Waals surface area (Å²) in [6, 6.07) is 10.3. The Labute approximate surface area is 187 Å². The van der Waals surface area contributed by atoms with Gasteiger partial charge >= 0.3 is 0 Å². The van der Waals surface area contributed by atoms with Gasteiger partial charge in [0.05, 0.1) is 37.1 Å². The standard InChI is InChI=1S/C21H27N3O7S/c1-15(19-14-18(30-2)10-11-20(19)31-3)22-21(25)9-6-12-23(32(4,28)29)16-7-5-8-17(13-16)24(26)27/h5,7-8,10-11,13-15H,6,9,12H2,1-4H3,(H,22,25)/t15-/m0/s1. The number of nitro benzene ring substituents is 1. The predicted octanol–water partition coefficient (Wildman–Crippen LogP) is 3.04. The zero-order chi connectivity index (χ0) is 23.9. The summed E-state index contributed by atoms with van der Waals surface area (Å²) in [4.78, 5) is 22.9. The molecule has 0 radical (unpaired) electrons. The number of ether oxygens (including phenoxy) is 2. The maximum absolute atomic E-state index is 12.5. The Morgan fingerprint density at radius 2 is 1.91 bits per heavy atom. The number of hydrogen-bond acceptors (Lipinski definition) is 7. The zero-order valence-corrected chi connectivity index (χ0v) is 19.2. The van der Waals surface area contributed by atoms with Crippen LogP contribution >= 0.6 is 0 Å². The van der Waals surface area contributed by atoms with Crippen LogP contribution in [0.3, 0.4) is 0 Å². The molecule has 0 aliphatic heterocycles. The van der Waals surface area contributed by atoms with Crippen molar-refractivity contribution in [1.82, 2.24) is 5.32 Å². The van der Waals surface area contributed by atoms with Gasteiger partial charge in [-0.15, -0.1) is 0 Å². The van der Waals surface area contributed by atoms with Crippen LogP contribution in [0.2, 0.25) is 0 Å². The van der Waals surface area contributed by atoms with E-state index in [9.17, 15) is 23.3 Å². The number of benzene rings is 2. The van der Waals surface area contributed by atoms with Crippen molar-refractivity contribution in [2.75, 3.05) is 31.3 Å². The highest BCUT2D eigenvalue weighted by atomic mass is 32.2. The molecule has 0 unspecified atom stereocenters. The molecule has 0 spiro atoms. The van der Waals surface area contributed by atoms with Crippen LogP contribution in [0, 0.1) is 10.1 Å². The fourth-order valence-electron chi connectivity index (χ4n) is 3.20. The molecule has 0 bridgehead atoms. The Morgan fingerprint density at radius 1 is 1.19 bits per heavy atom. The van der Waals surface area contributed by atoms with Crippen LogP contribution in [-0.4, -0.2) is 46.3 Å². The first kappa shape index (κ1) is 24.9. The predicted molar refractivity (Wildman–Crippen MR) is 121 cm³/mol. The lowest BCUT2D eigenvalue weighted by atomic mass is 10.1. The number of anilines is 1. The van der Waals surface area contributed by atoms with Crippen LogP contribution in [0.25, 0.3) is 0 Å². The summed E-state index contributed by atoms with van der Waals surface area (Å²) < 4.78 is 36.1. The lowest BCUT2D eigenvalue weighted by molar-refractivity contribution is -0.384. The number of carbonyl (C=O) groups is 1. The van der Waals surface area contributed by atoms with Crippen molar-refractivity contribution in [2.24, 2.45) is 0 Å². The maximum Gasteiger partial charge on any atom is 0.271 e. The van der Waals surface area contributed by atoms with Gasteiger partial charge in [-0.05, 0) is 37.6 Å². The molecular formula is C21H27N3O7S. The van der Waals surface area contributed by atoms with Gasteiger partial charge in [-0.2, -0.15) is 0 Å². The number of methoxy groups -OCH3 is 2. The molecular weight excluding hydrogens is 438 g/mol. The molecule has 0 aliphatic rings. The van der Waals surface area contributed by atoms with Crippen LogP contribution in [0.15, 0.2) is 42.5 Å². The topological polar surface area (TPSA) is 128 Å². The summed E-state index contributed by atoms with van der Waals surface area (Å²) in [6.07, 6.45) is 1.31. The van der Waals surface area contributed by atoms with Crippen molar-refractivity contribution < 1.29 is 27.6 Å². The van der Waals surface area contributed by atoms with E-state index in [-0.39, 0.29) is 42.7 Å². The average molecular weight is 466 g/mol. The second kappa shape index (κ2) is 10.8. The average Bonchev–Trinajstić information content (AvgIpc) is 2.75. The molecule has 10 nitrogen and oxygen atoms in total. The fraction of sp³-hybridized carbons (Fsp3) is 0.381.